The standard InChI is InChI=1S/C22H25FN4O4S2/c1-4-20-25-21(26-31-20)18-12-19(14(3)32-18)33(29,30)27-9-7-15(8-10-27)22(28)24-16-6-5-13(2)17(23)11-16/h5-6,11-12,15H,4,7-10H2,1-3H3,(H,24,28). The van der Waals surface area contributed by atoms with Gasteiger partial charge in [-0.3, -0.25) is 4.79 Å². The molecule has 0 saturated carbocycles. The minimum atomic E-state index is -3.72. The number of halogens is 1. The summed E-state index contributed by atoms with van der Waals surface area (Å²) in [4.78, 5) is 18.4. The molecule has 11 heteroatoms. The number of amides is 1. The molecule has 0 aliphatic carbocycles. The lowest BCUT2D eigenvalue weighted by atomic mass is 9.97. The van der Waals surface area contributed by atoms with Gasteiger partial charge in [0.15, 0.2) is 0 Å². The number of carbonyl (C=O) groups excluding carboxylic acids is 1. The summed E-state index contributed by atoms with van der Waals surface area (Å²) in [5, 5.41) is 6.66. The molecule has 1 amide bonds. The lowest BCUT2D eigenvalue weighted by molar-refractivity contribution is -0.120. The Morgan fingerprint density at radius 1 is 1.27 bits per heavy atom. The average Bonchev–Trinajstić information content (AvgIpc) is 3.43. The van der Waals surface area contributed by atoms with Gasteiger partial charge in [0.2, 0.25) is 27.6 Å². The summed E-state index contributed by atoms with van der Waals surface area (Å²) in [6.07, 6.45) is 1.38. The fourth-order valence-corrected chi connectivity index (χ4v) is 6.70. The molecular formula is C22H25FN4O4S2. The van der Waals surface area contributed by atoms with Gasteiger partial charge in [0.1, 0.15) is 5.82 Å². The van der Waals surface area contributed by atoms with Crippen LogP contribution in [0.4, 0.5) is 10.1 Å². The minimum absolute atomic E-state index is 0.225. The van der Waals surface area contributed by atoms with Crippen molar-refractivity contribution in [3.8, 4) is 10.7 Å². The van der Waals surface area contributed by atoms with E-state index < -0.39 is 10.0 Å². The number of thiophene rings is 1. The highest BCUT2D eigenvalue weighted by Gasteiger charge is 2.34. The molecule has 4 rings (SSSR count). The number of hydrogen-bond donors (Lipinski definition) is 1. The van der Waals surface area contributed by atoms with Crippen molar-refractivity contribution < 1.29 is 22.1 Å². The van der Waals surface area contributed by atoms with Crippen LogP contribution in [0.3, 0.4) is 0 Å². The molecule has 3 aromatic rings. The van der Waals surface area contributed by atoms with Crippen LogP contribution in [0.5, 0.6) is 0 Å². The van der Waals surface area contributed by atoms with Crippen LogP contribution >= 0.6 is 11.3 Å². The van der Waals surface area contributed by atoms with E-state index in [0.29, 0.717) is 52.0 Å². The van der Waals surface area contributed by atoms with E-state index in [-0.39, 0.29) is 35.6 Å². The molecule has 1 fully saturated rings. The predicted molar refractivity (Wildman–Crippen MR) is 123 cm³/mol. The molecule has 3 heterocycles. The third-order valence-electron chi connectivity index (χ3n) is 5.75. The fraction of sp³-hybridized carbons (Fsp3) is 0.409. The second-order valence-corrected chi connectivity index (χ2v) is 11.2. The van der Waals surface area contributed by atoms with Crippen molar-refractivity contribution in [3.63, 3.8) is 0 Å². The predicted octanol–water partition coefficient (Wildman–Crippen LogP) is 4.16. The molecule has 0 spiro atoms. The van der Waals surface area contributed by atoms with E-state index in [0.717, 1.165) is 0 Å². The average molecular weight is 493 g/mol. The van der Waals surface area contributed by atoms with E-state index in [1.54, 1.807) is 32.0 Å². The number of nitrogens with one attached hydrogen (secondary N) is 1. The van der Waals surface area contributed by atoms with Crippen molar-refractivity contribution in [2.45, 2.75) is 44.9 Å². The molecule has 1 saturated heterocycles. The van der Waals surface area contributed by atoms with E-state index in [1.807, 2.05) is 6.92 Å². The third-order valence-corrected chi connectivity index (χ3v) is 8.95. The van der Waals surface area contributed by atoms with E-state index in [2.05, 4.69) is 15.5 Å². The van der Waals surface area contributed by atoms with Crippen molar-refractivity contribution in [3.05, 3.63) is 46.4 Å². The summed E-state index contributed by atoms with van der Waals surface area (Å²) in [5.74, 6) is -0.0793. The first kappa shape index (κ1) is 23.5. The Labute approximate surface area is 195 Å². The molecule has 0 unspecified atom stereocenters. The Morgan fingerprint density at radius 2 is 2.00 bits per heavy atom. The number of anilines is 1. The van der Waals surface area contributed by atoms with Gasteiger partial charge in [-0.05, 0) is 50.5 Å². The second-order valence-electron chi connectivity index (χ2n) is 8.03. The Bertz CT molecular complexity index is 1280. The SMILES string of the molecule is CCc1nc(-c2cc(S(=O)(=O)N3CCC(C(=O)Nc4ccc(C)c(F)c4)CC3)c(C)s2)no1. The van der Waals surface area contributed by atoms with Crippen LogP contribution in [0.2, 0.25) is 0 Å². The molecule has 33 heavy (non-hydrogen) atoms. The summed E-state index contributed by atoms with van der Waals surface area (Å²) < 4.78 is 46.8. The van der Waals surface area contributed by atoms with Gasteiger partial charge in [0.05, 0.1) is 9.77 Å². The molecule has 1 N–H and O–H groups in total. The van der Waals surface area contributed by atoms with Gasteiger partial charge in [-0.25, -0.2) is 12.8 Å². The molecule has 176 valence electrons. The van der Waals surface area contributed by atoms with Gasteiger partial charge in [-0.2, -0.15) is 9.29 Å². The Hall–Kier alpha value is -2.63. The maximum atomic E-state index is 13.7. The number of hydrogen-bond acceptors (Lipinski definition) is 7. The van der Waals surface area contributed by atoms with Crippen molar-refractivity contribution >= 4 is 33.0 Å². The van der Waals surface area contributed by atoms with Gasteiger partial charge >= 0.3 is 0 Å². The summed E-state index contributed by atoms with van der Waals surface area (Å²) >= 11 is 1.31. The van der Waals surface area contributed by atoms with Gasteiger partial charge in [0.25, 0.3) is 0 Å². The number of benzene rings is 1. The highest BCUT2D eigenvalue weighted by molar-refractivity contribution is 7.89. The molecule has 2 aromatic heterocycles. The van der Waals surface area contributed by atoms with Crippen molar-refractivity contribution in [1.82, 2.24) is 14.4 Å². The number of piperidine rings is 1. The van der Waals surface area contributed by atoms with Crippen molar-refractivity contribution in [1.29, 1.82) is 0 Å². The van der Waals surface area contributed by atoms with Crippen LogP contribution in [0.1, 0.15) is 36.1 Å². The largest absolute Gasteiger partial charge is 0.339 e. The highest BCUT2D eigenvalue weighted by atomic mass is 32.2. The zero-order chi connectivity index (χ0) is 23.8. The summed E-state index contributed by atoms with van der Waals surface area (Å²) in [6, 6.07) is 6.14. The van der Waals surface area contributed by atoms with Crippen molar-refractivity contribution in [2.24, 2.45) is 5.92 Å². The number of rotatable bonds is 6. The molecule has 1 aromatic carbocycles. The monoisotopic (exact) mass is 492 g/mol. The zero-order valence-corrected chi connectivity index (χ0v) is 20.2. The number of aromatic nitrogens is 2. The topological polar surface area (TPSA) is 105 Å². The first-order chi connectivity index (χ1) is 15.7. The zero-order valence-electron chi connectivity index (χ0n) is 18.6. The molecule has 1 aliphatic rings. The Balaban J connectivity index is 1.42. The fourth-order valence-electron chi connectivity index (χ4n) is 3.74. The van der Waals surface area contributed by atoms with Crippen LogP contribution < -0.4 is 5.32 Å². The molecule has 1 aliphatic heterocycles. The van der Waals surface area contributed by atoms with Gasteiger partial charge in [-0.15, -0.1) is 11.3 Å². The van der Waals surface area contributed by atoms with Crippen LogP contribution in [-0.4, -0.2) is 41.9 Å². The van der Waals surface area contributed by atoms with E-state index in [1.165, 1.54) is 21.7 Å². The molecule has 0 bridgehead atoms. The normalized spacial score (nSPS) is 15.6. The van der Waals surface area contributed by atoms with Gasteiger partial charge in [-0.1, -0.05) is 18.1 Å². The number of sulfonamides is 1. The lowest BCUT2D eigenvalue weighted by Gasteiger charge is -2.30. The first-order valence-corrected chi connectivity index (χ1v) is 12.9. The Morgan fingerprint density at radius 3 is 2.64 bits per heavy atom. The maximum Gasteiger partial charge on any atom is 0.244 e. The molecule has 0 atom stereocenters. The number of nitrogens with zero attached hydrogens (tertiary/aromatic N) is 3. The first-order valence-electron chi connectivity index (χ1n) is 10.7. The highest BCUT2D eigenvalue weighted by Crippen LogP contribution is 2.35. The van der Waals surface area contributed by atoms with Gasteiger partial charge < -0.3 is 9.84 Å². The second kappa shape index (κ2) is 9.32. The number of carbonyl (C=O) groups is 1. The van der Waals surface area contributed by atoms with Crippen LogP contribution in [-0.2, 0) is 21.2 Å². The summed E-state index contributed by atoms with van der Waals surface area (Å²) in [5.41, 5.74) is 0.899. The molecule has 0 radical (unpaired) electrons. The van der Waals surface area contributed by atoms with E-state index in [4.69, 9.17) is 4.52 Å². The molecule has 8 nitrogen and oxygen atoms in total. The van der Waals surface area contributed by atoms with Gasteiger partial charge in [0, 0.05) is 36.0 Å². The number of aryl methyl sites for hydroxylation is 3. The molecular weight excluding hydrogens is 467 g/mol. The smallest absolute Gasteiger partial charge is 0.244 e. The summed E-state index contributed by atoms with van der Waals surface area (Å²) in [7, 11) is -3.72. The summed E-state index contributed by atoms with van der Waals surface area (Å²) in [6.45, 7) is 5.77. The van der Waals surface area contributed by atoms with E-state index in [9.17, 15) is 17.6 Å². The Kier molecular flexibility index (Phi) is 6.64. The third kappa shape index (κ3) is 4.85. The van der Waals surface area contributed by atoms with Crippen LogP contribution in [0.15, 0.2) is 33.7 Å². The van der Waals surface area contributed by atoms with E-state index >= 15 is 0 Å². The maximum absolute atomic E-state index is 13.7. The van der Waals surface area contributed by atoms with Crippen LogP contribution in [0, 0.1) is 25.6 Å². The van der Waals surface area contributed by atoms with Crippen molar-refractivity contribution in [2.75, 3.05) is 18.4 Å². The minimum Gasteiger partial charge on any atom is -0.339 e. The lowest BCUT2D eigenvalue weighted by Crippen LogP contribution is -2.41. The van der Waals surface area contributed by atoms with Crippen LogP contribution in [0.25, 0.3) is 10.7 Å². The quantitative estimate of drug-likeness (QED) is 0.554.